The molecule has 0 aliphatic heterocycles. The summed E-state index contributed by atoms with van der Waals surface area (Å²) in [6, 6.07) is 3.09. The predicted molar refractivity (Wildman–Crippen MR) is 77.1 cm³/mol. The van der Waals surface area contributed by atoms with Crippen LogP contribution in [0.3, 0.4) is 0 Å². The van der Waals surface area contributed by atoms with Crippen LogP contribution in [0.1, 0.15) is 25.7 Å². The highest BCUT2D eigenvalue weighted by molar-refractivity contribution is 7.89. The molecule has 1 aliphatic rings. The number of aromatic amines is 1. The van der Waals surface area contributed by atoms with Crippen LogP contribution in [0.25, 0.3) is 0 Å². The largest absolute Gasteiger partial charge is 0.328 e. The summed E-state index contributed by atoms with van der Waals surface area (Å²) in [6.45, 7) is 1.06. The number of nitrogens with zero attached hydrogens (tertiary/aromatic N) is 1. The minimum absolute atomic E-state index is 0.0839. The predicted octanol–water partition coefficient (Wildman–Crippen LogP) is 0.528. The fraction of sp³-hybridized carbons (Fsp3) is 0.615. The van der Waals surface area contributed by atoms with Crippen LogP contribution >= 0.6 is 0 Å². The Bertz CT molecular complexity index is 571. The molecular weight excluding hydrogens is 278 g/mol. The molecule has 1 aromatic rings. The smallest absolute Gasteiger partial charge is 0.247 e. The van der Waals surface area contributed by atoms with Crippen molar-refractivity contribution in [3.8, 4) is 0 Å². The lowest BCUT2D eigenvalue weighted by Gasteiger charge is -2.23. The lowest BCUT2D eigenvalue weighted by molar-refractivity contribution is 0.250. The molecular formula is C13H21N3O3S. The van der Waals surface area contributed by atoms with Crippen LogP contribution in [-0.2, 0) is 10.0 Å². The van der Waals surface area contributed by atoms with E-state index in [4.69, 9.17) is 0 Å². The van der Waals surface area contributed by atoms with Gasteiger partial charge in [0, 0.05) is 31.4 Å². The van der Waals surface area contributed by atoms with Gasteiger partial charge in [-0.1, -0.05) is 12.8 Å². The number of hydrogen-bond acceptors (Lipinski definition) is 4. The van der Waals surface area contributed by atoms with Gasteiger partial charge in [0.05, 0.1) is 4.90 Å². The fourth-order valence-corrected chi connectivity index (χ4v) is 3.52. The molecule has 2 N–H and O–H groups in total. The molecule has 7 heteroatoms. The number of likely N-dealkylation sites (N-methyl/N-ethyl adjacent to an activating group) is 1. The molecule has 1 heterocycles. The topological polar surface area (TPSA) is 82.3 Å². The Morgan fingerprint density at radius 3 is 2.65 bits per heavy atom. The average molecular weight is 299 g/mol. The van der Waals surface area contributed by atoms with Gasteiger partial charge in [-0.15, -0.1) is 0 Å². The molecule has 1 saturated carbocycles. The molecule has 1 aliphatic carbocycles. The van der Waals surface area contributed by atoms with E-state index in [9.17, 15) is 13.2 Å². The zero-order valence-corrected chi connectivity index (χ0v) is 12.4. The van der Waals surface area contributed by atoms with E-state index in [-0.39, 0.29) is 10.5 Å². The first kappa shape index (κ1) is 15.2. The first-order chi connectivity index (χ1) is 9.49. The van der Waals surface area contributed by atoms with E-state index in [1.54, 1.807) is 0 Å². The zero-order chi connectivity index (χ0) is 14.6. The summed E-state index contributed by atoms with van der Waals surface area (Å²) in [7, 11) is -1.51. The molecule has 2 rings (SSSR count). The van der Waals surface area contributed by atoms with Gasteiger partial charge in [0.25, 0.3) is 0 Å². The van der Waals surface area contributed by atoms with Gasteiger partial charge in [-0.3, -0.25) is 4.79 Å². The molecule has 1 fully saturated rings. The Morgan fingerprint density at radius 2 is 2.05 bits per heavy atom. The lowest BCUT2D eigenvalue weighted by atomic mass is 10.2. The van der Waals surface area contributed by atoms with Crippen LogP contribution < -0.4 is 10.3 Å². The highest BCUT2D eigenvalue weighted by Gasteiger charge is 2.20. The third kappa shape index (κ3) is 3.91. The zero-order valence-electron chi connectivity index (χ0n) is 11.6. The SMILES string of the molecule is CN(CCNS(=O)(=O)c1ccc(=O)[nH]c1)C1CCCC1. The minimum atomic E-state index is -3.54. The van der Waals surface area contributed by atoms with Crippen LogP contribution in [0.15, 0.2) is 28.0 Å². The number of pyridine rings is 1. The van der Waals surface area contributed by atoms with Crippen molar-refractivity contribution in [2.24, 2.45) is 0 Å². The third-order valence-corrected chi connectivity index (χ3v) is 5.23. The van der Waals surface area contributed by atoms with E-state index >= 15 is 0 Å². The van der Waals surface area contributed by atoms with E-state index in [0.29, 0.717) is 19.1 Å². The summed E-state index contributed by atoms with van der Waals surface area (Å²) >= 11 is 0. The molecule has 0 aromatic carbocycles. The van der Waals surface area contributed by atoms with E-state index in [0.717, 1.165) is 0 Å². The Kier molecular flexibility index (Phi) is 4.95. The molecule has 112 valence electrons. The number of hydrogen-bond donors (Lipinski definition) is 2. The molecule has 0 bridgehead atoms. The normalized spacial score (nSPS) is 16.9. The number of rotatable bonds is 6. The van der Waals surface area contributed by atoms with Gasteiger partial charge < -0.3 is 9.88 Å². The Balaban J connectivity index is 1.86. The monoisotopic (exact) mass is 299 g/mol. The van der Waals surface area contributed by atoms with E-state index in [1.807, 2.05) is 7.05 Å². The van der Waals surface area contributed by atoms with Gasteiger partial charge in [-0.25, -0.2) is 13.1 Å². The highest BCUT2D eigenvalue weighted by atomic mass is 32.2. The van der Waals surface area contributed by atoms with Crippen molar-refractivity contribution < 1.29 is 8.42 Å². The maximum atomic E-state index is 12.0. The summed E-state index contributed by atoms with van der Waals surface area (Å²) in [5.74, 6) is 0. The summed E-state index contributed by atoms with van der Waals surface area (Å²) < 4.78 is 26.5. The van der Waals surface area contributed by atoms with Crippen LogP contribution in [0, 0.1) is 0 Å². The van der Waals surface area contributed by atoms with Crippen molar-refractivity contribution in [3.05, 3.63) is 28.7 Å². The summed E-state index contributed by atoms with van der Waals surface area (Å²) in [5, 5.41) is 0. The van der Waals surface area contributed by atoms with Crippen molar-refractivity contribution in [2.45, 2.75) is 36.6 Å². The molecule has 20 heavy (non-hydrogen) atoms. The lowest BCUT2D eigenvalue weighted by Crippen LogP contribution is -2.37. The van der Waals surface area contributed by atoms with E-state index in [2.05, 4.69) is 14.6 Å². The third-order valence-electron chi connectivity index (χ3n) is 3.77. The van der Waals surface area contributed by atoms with E-state index < -0.39 is 10.0 Å². The molecule has 0 saturated heterocycles. The van der Waals surface area contributed by atoms with Crippen molar-refractivity contribution in [1.82, 2.24) is 14.6 Å². The molecule has 0 atom stereocenters. The second kappa shape index (κ2) is 6.51. The van der Waals surface area contributed by atoms with Gasteiger partial charge in [0.2, 0.25) is 15.6 Å². The second-order valence-corrected chi connectivity index (χ2v) is 6.97. The van der Waals surface area contributed by atoms with E-state index in [1.165, 1.54) is 44.0 Å². The Hall–Kier alpha value is -1.18. The van der Waals surface area contributed by atoms with Crippen LogP contribution in [0.4, 0.5) is 0 Å². The average Bonchev–Trinajstić information content (AvgIpc) is 2.93. The highest BCUT2D eigenvalue weighted by Crippen LogP contribution is 2.21. The van der Waals surface area contributed by atoms with Crippen molar-refractivity contribution in [3.63, 3.8) is 0 Å². The molecule has 0 radical (unpaired) electrons. The summed E-state index contributed by atoms with van der Waals surface area (Å²) in [6.07, 6.45) is 6.13. The summed E-state index contributed by atoms with van der Waals surface area (Å²) in [5.41, 5.74) is -0.315. The first-order valence-electron chi connectivity index (χ1n) is 6.88. The number of H-pyrrole nitrogens is 1. The number of aromatic nitrogens is 1. The van der Waals surface area contributed by atoms with Crippen molar-refractivity contribution >= 4 is 10.0 Å². The van der Waals surface area contributed by atoms with Gasteiger partial charge in [0.15, 0.2) is 0 Å². The summed E-state index contributed by atoms with van der Waals surface area (Å²) in [4.78, 5) is 15.6. The van der Waals surface area contributed by atoms with Gasteiger partial charge >= 0.3 is 0 Å². The minimum Gasteiger partial charge on any atom is -0.328 e. The molecule has 1 aromatic heterocycles. The Morgan fingerprint density at radius 1 is 1.35 bits per heavy atom. The van der Waals surface area contributed by atoms with Crippen molar-refractivity contribution in [1.29, 1.82) is 0 Å². The van der Waals surface area contributed by atoms with Crippen LogP contribution in [-0.4, -0.2) is 44.5 Å². The maximum absolute atomic E-state index is 12.0. The van der Waals surface area contributed by atoms with Gasteiger partial charge in [-0.2, -0.15) is 0 Å². The second-order valence-electron chi connectivity index (χ2n) is 5.21. The van der Waals surface area contributed by atoms with Gasteiger partial charge in [-0.05, 0) is 26.0 Å². The Labute approximate surface area is 119 Å². The van der Waals surface area contributed by atoms with Gasteiger partial charge in [0.1, 0.15) is 0 Å². The van der Waals surface area contributed by atoms with Crippen LogP contribution in [0.5, 0.6) is 0 Å². The first-order valence-corrected chi connectivity index (χ1v) is 8.36. The molecule has 0 spiro atoms. The van der Waals surface area contributed by atoms with Crippen molar-refractivity contribution in [2.75, 3.05) is 20.1 Å². The molecule has 0 unspecified atom stereocenters. The molecule has 6 nitrogen and oxygen atoms in total. The van der Waals surface area contributed by atoms with Crippen LogP contribution in [0.2, 0.25) is 0 Å². The standard InChI is InChI=1S/C13H21N3O3S/c1-16(11-4-2-3-5-11)9-8-15-20(18,19)12-6-7-13(17)14-10-12/h6-7,10-11,15H,2-5,8-9H2,1H3,(H,14,17). The molecule has 0 amide bonds. The number of sulfonamides is 1. The number of nitrogens with one attached hydrogen (secondary N) is 2. The fourth-order valence-electron chi connectivity index (χ4n) is 2.53. The maximum Gasteiger partial charge on any atom is 0.247 e. The quantitative estimate of drug-likeness (QED) is 0.802.